The molecule has 0 bridgehead atoms. The molecule has 0 saturated heterocycles. The van der Waals surface area contributed by atoms with Gasteiger partial charge in [0.1, 0.15) is 5.56 Å². The third-order valence-corrected chi connectivity index (χ3v) is 5.85. The van der Waals surface area contributed by atoms with Gasteiger partial charge in [0.15, 0.2) is 5.82 Å². The predicted molar refractivity (Wildman–Crippen MR) is 118 cm³/mol. The summed E-state index contributed by atoms with van der Waals surface area (Å²) in [5, 5.41) is 5.20. The van der Waals surface area contributed by atoms with Crippen LogP contribution < -0.4 is 4.90 Å². The number of benzene rings is 1. The summed E-state index contributed by atoms with van der Waals surface area (Å²) >= 11 is 6.13. The zero-order valence-corrected chi connectivity index (χ0v) is 18.9. The highest BCUT2D eigenvalue weighted by Crippen LogP contribution is 2.33. The van der Waals surface area contributed by atoms with E-state index in [0.29, 0.717) is 22.4 Å². The number of rotatable bonds is 6. The van der Waals surface area contributed by atoms with Gasteiger partial charge in [-0.15, -0.1) is 5.10 Å². The van der Waals surface area contributed by atoms with Crippen molar-refractivity contribution in [3.8, 4) is 5.69 Å². The zero-order chi connectivity index (χ0) is 21.8. The summed E-state index contributed by atoms with van der Waals surface area (Å²) in [5.41, 5.74) is 0.991. The van der Waals surface area contributed by atoms with E-state index in [1.54, 1.807) is 34.8 Å². The number of hydrogen-bond acceptors (Lipinski definition) is 4. The number of nitrogens with zero attached hydrogens (tertiary/aromatic N) is 3. The largest absolute Gasteiger partial charge is 0.462 e. The van der Waals surface area contributed by atoms with E-state index in [2.05, 4.69) is 12.0 Å². The van der Waals surface area contributed by atoms with Crippen LogP contribution in [0, 0.1) is 11.8 Å². The molecule has 1 aromatic carbocycles. The van der Waals surface area contributed by atoms with Crippen LogP contribution in [0.25, 0.3) is 5.69 Å². The lowest BCUT2D eigenvalue weighted by molar-refractivity contribution is -0.123. The number of amides is 1. The molecule has 3 rings (SSSR count). The highest BCUT2D eigenvalue weighted by molar-refractivity contribution is 6.30. The second-order valence-electron chi connectivity index (χ2n) is 8.27. The van der Waals surface area contributed by atoms with Gasteiger partial charge in [-0.05, 0) is 70.6 Å². The molecule has 162 valence electrons. The molecule has 1 aliphatic carbocycles. The molecule has 30 heavy (non-hydrogen) atoms. The molecule has 1 saturated carbocycles. The molecule has 0 unspecified atom stereocenters. The van der Waals surface area contributed by atoms with Crippen LogP contribution >= 0.6 is 11.6 Å². The Morgan fingerprint density at radius 2 is 1.97 bits per heavy atom. The van der Waals surface area contributed by atoms with Gasteiger partial charge in [0.05, 0.1) is 12.3 Å². The summed E-state index contributed by atoms with van der Waals surface area (Å²) in [7, 11) is 0. The van der Waals surface area contributed by atoms with Crippen molar-refractivity contribution in [1.29, 1.82) is 0 Å². The Balaban J connectivity index is 2.03. The van der Waals surface area contributed by atoms with Crippen LogP contribution in [0.3, 0.4) is 0 Å². The molecular weight excluding hydrogens is 402 g/mol. The Morgan fingerprint density at radius 3 is 2.57 bits per heavy atom. The number of anilines is 1. The molecule has 1 aromatic heterocycles. The Kier molecular flexibility index (Phi) is 7.19. The van der Waals surface area contributed by atoms with Crippen molar-refractivity contribution in [1.82, 2.24) is 9.78 Å². The third kappa shape index (κ3) is 4.86. The SMILES string of the molecule is CCOC(=O)c1cn(-c2cccc(Cl)c2)nc1N(C(=O)[C@H]1CC[C@H](C)CC1)C(C)C. The van der Waals surface area contributed by atoms with Gasteiger partial charge in [0, 0.05) is 23.2 Å². The van der Waals surface area contributed by atoms with Crippen molar-refractivity contribution in [2.24, 2.45) is 11.8 Å². The number of halogens is 1. The van der Waals surface area contributed by atoms with Crippen LogP contribution in [0.15, 0.2) is 30.5 Å². The minimum atomic E-state index is -0.489. The standard InChI is InChI=1S/C23H30ClN3O3/c1-5-30-23(29)20-14-26(19-8-6-7-18(24)13-19)25-21(20)27(15(2)3)22(28)17-11-9-16(4)10-12-17/h6-8,13-17H,5,9-12H2,1-4H3/t16-,17-. The summed E-state index contributed by atoms with van der Waals surface area (Å²) < 4.78 is 6.84. The molecule has 1 amide bonds. The summed E-state index contributed by atoms with van der Waals surface area (Å²) in [6.07, 6.45) is 5.44. The lowest BCUT2D eigenvalue weighted by Gasteiger charge is -2.32. The second-order valence-corrected chi connectivity index (χ2v) is 8.71. The van der Waals surface area contributed by atoms with Crippen molar-refractivity contribution >= 4 is 29.3 Å². The van der Waals surface area contributed by atoms with Gasteiger partial charge < -0.3 is 4.74 Å². The van der Waals surface area contributed by atoms with Crippen LogP contribution in [-0.4, -0.2) is 34.3 Å². The Bertz CT molecular complexity index is 901. The molecule has 6 nitrogen and oxygen atoms in total. The average molecular weight is 432 g/mol. The topological polar surface area (TPSA) is 64.4 Å². The molecule has 0 aliphatic heterocycles. The minimum Gasteiger partial charge on any atom is -0.462 e. The first-order valence-corrected chi connectivity index (χ1v) is 11.0. The molecule has 1 heterocycles. The maximum atomic E-state index is 13.5. The molecule has 0 spiro atoms. The average Bonchev–Trinajstić information content (AvgIpc) is 3.13. The molecule has 0 N–H and O–H groups in total. The van der Waals surface area contributed by atoms with Crippen molar-refractivity contribution in [3.05, 3.63) is 41.0 Å². The van der Waals surface area contributed by atoms with E-state index in [-0.39, 0.29) is 30.0 Å². The number of carbonyl (C=O) groups is 2. The predicted octanol–water partition coefficient (Wildman–Crippen LogP) is 5.27. The fourth-order valence-electron chi connectivity index (χ4n) is 3.95. The molecule has 0 radical (unpaired) electrons. The number of esters is 1. The molecule has 0 atom stereocenters. The van der Waals surface area contributed by atoms with Gasteiger partial charge in [0.25, 0.3) is 0 Å². The minimum absolute atomic E-state index is 0.0267. The van der Waals surface area contributed by atoms with E-state index in [1.165, 1.54) is 0 Å². The van der Waals surface area contributed by atoms with Gasteiger partial charge in [-0.25, -0.2) is 9.48 Å². The van der Waals surface area contributed by atoms with Crippen LogP contribution in [-0.2, 0) is 9.53 Å². The van der Waals surface area contributed by atoms with Crippen molar-refractivity contribution in [3.63, 3.8) is 0 Å². The van der Waals surface area contributed by atoms with Gasteiger partial charge >= 0.3 is 5.97 Å². The van der Waals surface area contributed by atoms with Gasteiger partial charge in [-0.3, -0.25) is 9.69 Å². The first kappa shape index (κ1) is 22.3. The van der Waals surface area contributed by atoms with Gasteiger partial charge in [-0.1, -0.05) is 24.6 Å². The lowest BCUT2D eigenvalue weighted by atomic mass is 9.82. The summed E-state index contributed by atoms with van der Waals surface area (Å²) in [5.74, 6) is 0.482. The first-order valence-electron chi connectivity index (χ1n) is 10.7. The fourth-order valence-corrected chi connectivity index (χ4v) is 4.14. The van der Waals surface area contributed by atoms with Gasteiger partial charge in [0.2, 0.25) is 5.91 Å². The molecule has 7 heteroatoms. The fraction of sp³-hybridized carbons (Fsp3) is 0.522. The molecular formula is C23H30ClN3O3. The zero-order valence-electron chi connectivity index (χ0n) is 18.1. The monoisotopic (exact) mass is 431 g/mol. The third-order valence-electron chi connectivity index (χ3n) is 5.61. The number of hydrogen-bond donors (Lipinski definition) is 0. The van der Waals surface area contributed by atoms with E-state index >= 15 is 0 Å². The highest BCUT2D eigenvalue weighted by atomic mass is 35.5. The van der Waals surface area contributed by atoms with Crippen molar-refractivity contribution in [2.45, 2.75) is 59.4 Å². The normalized spacial score (nSPS) is 19.0. The Hall–Kier alpha value is -2.34. The Morgan fingerprint density at radius 1 is 1.27 bits per heavy atom. The summed E-state index contributed by atoms with van der Waals surface area (Å²) in [4.78, 5) is 27.8. The second kappa shape index (κ2) is 9.65. The van der Waals surface area contributed by atoms with Crippen molar-refractivity contribution in [2.75, 3.05) is 11.5 Å². The maximum Gasteiger partial charge on any atom is 0.343 e. The lowest BCUT2D eigenvalue weighted by Crippen LogP contribution is -2.43. The number of aromatic nitrogens is 2. The smallest absolute Gasteiger partial charge is 0.343 e. The quantitative estimate of drug-likeness (QED) is 0.584. The molecule has 1 aliphatic rings. The summed E-state index contributed by atoms with van der Waals surface area (Å²) in [6.45, 7) is 8.12. The van der Waals surface area contributed by atoms with E-state index < -0.39 is 5.97 Å². The summed E-state index contributed by atoms with van der Waals surface area (Å²) in [6, 6.07) is 7.06. The van der Waals surface area contributed by atoms with Crippen LogP contribution in [0.2, 0.25) is 5.02 Å². The van der Waals surface area contributed by atoms with E-state index in [0.717, 1.165) is 25.7 Å². The maximum absolute atomic E-state index is 13.5. The van der Waals surface area contributed by atoms with E-state index in [4.69, 9.17) is 16.3 Å². The van der Waals surface area contributed by atoms with E-state index in [1.807, 2.05) is 26.0 Å². The van der Waals surface area contributed by atoms with Crippen LogP contribution in [0.5, 0.6) is 0 Å². The van der Waals surface area contributed by atoms with E-state index in [9.17, 15) is 9.59 Å². The van der Waals surface area contributed by atoms with Crippen LogP contribution in [0.4, 0.5) is 5.82 Å². The first-order chi connectivity index (χ1) is 14.3. The van der Waals surface area contributed by atoms with Gasteiger partial charge in [-0.2, -0.15) is 0 Å². The molecule has 2 aromatic rings. The number of ether oxygens (including phenoxy) is 1. The highest BCUT2D eigenvalue weighted by Gasteiger charge is 2.34. The van der Waals surface area contributed by atoms with Crippen LogP contribution in [0.1, 0.15) is 63.7 Å². The number of carbonyl (C=O) groups excluding carboxylic acids is 2. The molecule has 1 fully saturated rings. The van der Waals surface area contributed by atoms with Crippen molar-refractivity contribution < 1.29 is 14.3 Å². The Labute approximate surface area is 183 Å².